The van der Waals surface area contributed by atoms with Crippen LogP contribution in [0.1, 0.15) is 18.5 Å². The molecule has 0 bridgehead atoms. The van der Waals surface area contributed by atoms with Gasteiger partial charge in [0.05, 0.1) is 17.6 Å². The minimum absolute atomic E-state index is 0.0976. The third-order valence-electron chi connectivity index (χ3n) is 2.91. The number of amides is 1. The van der Waals surface area contributed by atoms with E-state index in [1.54, 1.807) is 5.51 Å². The van der Waals surface area contributed by atoms with Crippen molar-refractivity contribution in [1.82, 2.24) is 15.2 Å². The topological polar surface area (TPSA) is 45.2 Å². The maximum Gasteiger partial charge on any atom is 0.226 e. The number of rotatable bonds is 3. The summed E-state index contributed by atoms with van der Waals surface area (Å²) in [5, 5.41) is 5.00. The number of hydrogen-bond donors (Lipinski definition) is 1. The van der Waals surface area contributed by atoms with E-state index in [9.17, 15) is 4.79 Å². The molecule has 1 saturated heterocycles. The number of carbonyl (C=O) groups is 1. The van der Waals surface area contributed by atoms with Crippen molar-refractivity contribution in [3.05, 3.63) is 16.6 Å². The maximum absolute atomic E-state index is 11.7. The van der Waals surface area contributed by atoms with Gasteiger partial charge in [-0.25, -0.2) is 4.98 Å². The van der Waals surface area contributed by atoms with Gasteiger partial charge in [0.2, 0.25) is 5.91 Å². The molecule has 1 aromatic heterocycles. The lowest BCUT2D eigenvalue weighted by Gasteiger charge is -2.29. The molecule has 2 rings (SSSR count). The molecule has 0 saturated carbocycles. The van der Waals surface area contributed by atoms with E-state index >= 15 is 0 Å². The van der Waals surface area contributed by atoms with Crippen molar-refractivity contribution in [3.63, 3.8) is 0 Å². The van der Waals surface area contributed by atoms with E-state index in [4.69, 9.17) is 0 Å². The summed E-state index contributed by atoms with van der Waals surface area (Å²) >= 11 is 1.53. The second-order valence-electron chi connectivity index (χ2n) is 4.30. The molecule has 0 spiro atoms. The number of nitrogens with one attached hydrogen (secondary N) is 1. The van der Waals surface area contributed by atoms with E-state index in [1.165, 1.54) is 11.3 Å². The van der Waals surface area contributed by atoms with Crippen molar-refractivity contribution in [2.45, 2.75) is 25.3 Å². The molecular formula is C11H17N3OS. The lowest BCUT2D eigenvalue weighted by Crippen LogP contribution is -2.43. The summed E-state index contributed by atoms with van der Waals surface area (Å²) in [5.41, 5.74) is 2.63. The predicted molar refractivity (Wildman–Crippen MR) is 64.5 cm³/mol. The molecule has 0 aromatic carbocycles. The molecular weight excluding hydrogens is 222 g/mol. The van der Waals surface area contributed by atoms with Gasteiger partial charge < -0.3 is 10.2 Å². The smallest absolute Gasteiger partial charge is 0.226 e. The second-order valence-corrected chi connectivity index (χ2v) is 5.02. The molecule has 0 unspecified atom stereocenters. The first kappa shape index (κ1) is 11.5. The van der Waals surface area contributed by atoms with Crippen molar-refractivity contribution < 1.29 is 4.79 Å². The van der Waals surface area contributed by atoms with Crippen LogP contribution in [0, 0.1) is 0 Å². The van der Waals surface area contributed by atoms with Crippen molar-refractivity contribution in [3.8, 4) is 0 Å². The van der Waals surface area contributed by atoms with E-state index in [0.29, 0.717) is 12.5 Å². The summed E-state index contributed by atoms with van der Waals surface area (Å²) in [5.74, 6) is 0.0976. The Morgan fingerprint density at radius 1 is 1.62 bits per heavy atom. The molecule has 5 heteroatoms. The van der Waals surface area contributed by atoms with Crippen LogP contribution < -0.4 is 5.32 Å². The summed E-state index contributed by atoms with van der Waals surface area (Å²) in [6, 6.07) is 0.349. The largest absolute Gasteiger partial charge is 0.353 e. The highest BCUT2D eigenvalue weighted by atomic mass is 32.1. The minimum Gasteiger partial charge on any atom is -0.353 e. The molecule has 0 radical (unpaired) electrons. The molecule has 1 amide bonds. The molecule has 4 nitrogen and oxygen atoms in total. The fraction of sp³-hybridized carbons (Fsp3) is 0.636. The van der Waals surface area contributed by atoms with E-state index in [1.807, 2.05) is 5.38 Å². The zero-order valence-corrected chi connectivity index (χ0v) is 10.3. The molecule has 16 heavy (non-hydrogen) atoms. The van der Waals surface area contributed by atoms with E-state index in [0.717, 1.165) is 31.6 Å². The van der Waals surface area contributed by atoms with Gasteiger partial charge in [0.15, 0.2) is 0 Å². The van der Waals surface area contributed by atoms with Gasteiger partial charge in [-0.2, -0.15) is 0 Å². The summed E-state index contributed by atoms with van der Waals surface area (Å²) in [6.07, 6.45) is 2.52. The highest BCUT2D eigenvalue weighted by Gasteiger charge is 2.18. The lowest BCUT2D eigenvalue weighted by molar-refractivity contribution is -0.121. The van der Waals surface area contributed by atoms with Crippen LogP contribution in [0.5, 0.6) is 0 Å². The summed E-state index contributed by atoms with van der Waals surface area (Å²) in [4.78, 5) is 18.1. The van der Waals surface area contributed by atoms with E-state index < -0.39 is 0 Å². The molecule has 0 atom stereocenters. The monoisotopic (exact) mass is 239 g/mol. The number of likely N-dealkylation sites (tertiary alicyclic amines) is 1. The van der Waals surface area contributed by atoms with Crippen molar-refractivity contribution in [1.29, 1.82) is 0 Å². The average Bonchev–Trinajstić information content (AvgIpc) is 2.74. The van der Waals surface area contributed by atoms with Crippen molar-refractivity contribution >= 4 is 17.2 Å². The fourth-order valence-electron chi connectivity index (χ4n) is 1.92. The van der Waals surface area contributed by atoms with Gasteiger partial charge in [0.1, 0.15) is 0 Å². The van der Waals surface area contributed by atoms with Crippen molar-refractivity contribution in [2.75, 3.05) is 20.1 Å². The molecule has 0 aliphatic carbocycles. The molecule has 88 valence electrons. The lowest BCUT2D eigenvalue weighted by atomic mass is 10.1. The Morgan fingerprint density at radius 3 is 3.00 bits per heavy atom. The Bertz CT molecular complexity index is 331. The number of aromatic nitrogens is 1. The van der Waals surface area contributed by atoms with E-state index in [2.05, 4.69) is 22.2 Å². The summed E-state index contributed by atoms with van der Waals surface area (Å²) in [6.45, 7) is 2.14. The van der Waals surface area contributed by atoms with Gasteiger partial charge in [0, 0.05) is 11.4 Å². The molecule has 1 N–H and O–H groups in total. The second kappa shape index (κ2) is 5.41. The summed E-state index contributed by atoms with van der Waals surface area (Å²) in [7, 11) is 2.12. The molecule has 1 aromatic rings. The van der Waals surface area contributed by atoms with E-state index in [-0.39, 0.29) is 5.91 Å². The molecule has 2 heterocycles. The van der Waals surface area contributed by atoms with Gasteiger partial charge in [0.25, 0.3) is 0 Å². The highest BCUT2D eigenvalue weighted by Crippen LogP contribution is 2.08. The van der Waals surface area contributed by atoms with Gasteiger partial charge >= 0.3 is 0 Å². The van der Waals surface area contributed by atoms with Gasteiger partial charge in [-0.15, -0.1) is 11.3 Å². The van der Waals surface area contributed by atoms with Crippen LogP contribution in [-0.4, -0.2) is 42.0 Å². The number of hydrogen-bond acceptors (Lipinski definition) is 4. The first-order valence-corrected chi connectivity index (χ1v) is 6.53. The van der Waals surface area contributed by atoms with Crippen LogP contribution in [0.3, 0.4) is 0 Å². The minimum atomic E-state index is 0.0976. The highest BCUT2D eigenvalue weighted by molar-refractivity contribution is 7.07. The predicted octanol–water partition coefficient (Wildman–Crippen LogP) is 0.896. The normalized spacial score (nSPS) is 18.6. The zero-order valence-electron chi connectivity index (χ0n) is 9.48. The molecule has 1 aliphatic heterocycles. The fourth-order valence-corrected chi connectivity index (χ4v) is 2.48. The Balaban J connectivity index is 1.75. The number of carbonyl (C=O) groups excluding carboxylic acids is 1. The number of piperidine rings is 1. The van der Waals surface area contributed by atoms with Gasteiger partial charge in [-0.3, -0.25) is 4.79 Å². The number of thiazole rings is 1. The maximum atomic E-state index is 11.7. The first-order chi connectivity index (χ1) is 7.74. The first-order valence-electron chi connectivity index (χ1n) is 5.59. The Kier molecular flexibility index (Phi) is 3.90. The number of nitrogens with zero attached hydrogens (tertiary/aromatic N) is 2. The van der Waals surface area contributed by atoms with Crippen molar-refractivity contribution in [2.24, 2.45) is 0 Å². The zero-order chi connectivity index (χ0) is 11.4. The standard InChI is InChI=1S/C11H17N3OS/c1-14-4-2-9(3-5-14)13-11(15)6-10-7-16-8-12-10/h7-9H,2-6H2,1H3,(H,13,15). The van der Waals surface area contributed by atoms with Gasteiger partial charge in [-0.1, -0.05) is 0 Å². The van der Waals surface area contributed by atoms with Crippen LogP contribution in [0.15, 0.2) is 10.9 Å². The van der Waals surface area contributed by atoms with Crippen LogP contribution in [0.25, 0.3) is 0 Å². The quantitative estimate of drug-likeness (QED) is 0.852. The van der Waals surface area contributed by atoms with Crippen LogP contribution in [0.4, 0.5) is 0 Å². The average molecular weight is 239 g/mol. The van der Waals surface area contributed by atoms with Crippen LogP contribution in [0.2, 0.25) is 0 Å². The molecule has 1 aliphatic rings. The molecule has 1 fully saturated rings. The SMILES string of the molecule is CN1CCC(NC(=O)Cc2cscn2)CC1. The Morgan fingerprint density at radius 2 is 2.38 bits per heavy atom. The third-order valence-corrected chi connectivity index (χ3v) is 3.54. The Labute approximate surface area is 99.7 Å². The van der Waals surface area contributed by atoms with Gasteiger partial charge in [-0.05, 0) is 33.0 Å². The van der Waals surface area contributed by atoms with Crippen LogP contribution >= 0.6 is 11.3 Å². The van der Waals surface area contributed by atoms with Crippen LogP contribution in [-0.2, 0) is 11.2 Å². The summed E-state index contributed by atoms with van der Waals surface area (Å²) < 4.78 is 0. The Hall–Kier alpha value is -0.940. The third kappa shape index (κ3) is 3.28.